The number of carbonyl (C=O) groups excluding carboxylic acids is 2. The summed E-state index contributed by atoms with van der Waals surface area (Å²) in [5.41, 5.74) is 1.14. The van der Waals surface area contributed by atoms with E-state index in [1.165, 1.54) is 7.11 Å². The number of halogens is 1. The molecule has 0 radical (unpaired) electrons. The van der Waals surface area contributed by atoms with Crippen molar-refractivity contribution in [2.24, 2.45) is 0 Å². The van der Waals surface area contributed by atoms with E-state index in [-0.39, 0.29) is 5.91 Å². The van der Waals surface area contributed by atoms with Gasteiger partial charge in [0.2, 0.25) is 0 Å². The lowest BCUT2D eigenvalue weighted by molar-refractivity contribution is 0.0606. The van der Waals surface area contributed by atoms with Crippen molar-refractivity contribution in [1.29, 1.82) is 0 Å². The molecule has 1 aromatic heterocycles. The molecule has 2 rings (SSSR count). The summed E-state index contributed by atoms with van der Waals surface area (Å²) in [5, 5.41) is 2.84. The van der Waals surface area contributed by atoms with E-state index in [4.69, 9.17) is 0 Å². The van der Waals surface area contributed by atoms with Crippen molar-refractivity contribution >= 4 is 39.1 Å². The van der Waals surface area contributed by atoms with Crippen LogP contribution in [0.1, 0.15) is 24.9 Å². The fraction of sp³-hybridized carbons (Fsp3) is 0.200. The molecule has 1 N–H and O–H groups in total. The second kappa shape index (κ2) is 7.38. The van der Waals surface area contributed by atoms with Crippen molar-refractivity contribution in [2.45, 2.75) is 6.42 Å². The fourth-order valence-corrected chi connectivity index (χ4v) is 3.06. The van der Waals surface area contributed by atoms with Crippen LogP contribution < -0.4 is 5.32 Å². The lowest BCUT2D eigenvalue weighted by Crippen LogP contribution is -2.24. The summed E-state index contributed by atoms with van der Waals surface area (Å²) in [4.78, 5) is 24.2. The number of carbonyl (C=O) groups is 2. The van der Waals surface area contributed by atoms with Crippen molar-refractivity contribution in [2.75, 3.05) is 13.7 Å². The SMILES string of the molecule is COC(=O)c1ccc(C(=O)NCCc2cccc(Br)c2)s1. The van der Waals surface area contributed by atoms with E-state index < -0.39 is 5.97 Å². The molecule has 0 saturated heterocycles. The number of benzene rings is 1. The second-order valence-corrected chi connectivity index (χ2v) is 6.29. The number of methoxy groups -OCH3 is 1. The Morgan fingerprint density at radius 2 is 2.00 bits per heavy atom. The molecule has 1 amide bonds. The first-order chi connectivity index (χ1) is 10.1. The molecule has 0 atom stereocenters. The molecule has 0 fully saturated rings. The van der Waals surface area contributed by atoms with Crippen LogP contribution in [-0.4, -0.2) is 25.5 Å². The van der Waals surface area contributed by atoms with Gasteiger partial charge in [0.05, 0.1) is 12.0 Å². The zero-order valence-electron chi connectivity index (χ0n) is 11.4. The molecule has 6 heteroatoms. The Kier molecular flexibility index (Phi) is 5.52. The van der Waals surface area contributed by atoms with Crippen molar-refractivity contribution in [1.82, 2.24) is 5.32 Å². The first kappa shape index (κ1) is 15.7. The van der Waals surface area contributed by atoms with E-state index in [1.807, 2.05) is 24.3 Å². The predicted molar refractivity (Wildman–Crippen MR) is 85.8 cm³/mol. The standard InChI is InChI=1S/C15H14BrNO3S/c1-20-15(19)13-6-5-12(21-13)14(18)17-8-7-10-3-2-4-11(16)9-10/h2-6,9H,7-8H2,1H3,(H,17,18). The maximum Gasteiger partial charge on any atom is 0.348 e. The van der Waals surface area contributed by atoms with Gasteiger partial charge in [0, 0.05) is 11.0 Å². The summed E-state index contributed by atoms with van der Waals surface area (Å²) >= 11 is 4.54. The molecular formula is C15H14BrNO3S. The normalized spacial score (nSPS) is 10.2. The lowest BCUT2D eigenvalue weighted by Gasteiger charge is -2.04. The minimum Gasteiger partial charge on any atom is -0.465 e. The van der Waals surface area contributed by atoms with Gasteiger partial charge in [-0.3, -0.25) is 4.79 Å². The van der Waals surface area contributed by atoms with E-state index in [0.29, 0.717) is 16.3 Å². The number of rotatable bonds is 5. The minimum absolute atomic E-state index is 0.176. The lowest BCUT2D eigenvalue weighted by atomic mass is 10.1. The third-order valence-corrected chi connectivity index (χ3v) is 4.36. The summed E-state index contributed by atoms with van der Waals surface area (Å²) in [7, 11) is 1.32. The van der Waals surface area contributed by atoms with E-state index in [9.17, 15) is 9.59 Å². The van der Waals surface area contributed by atoms with Crippen molar-refractivity contribution < 1.29 is 14.3 Å². The molecule has 2 aromatic rings. The molecule has 110 valence electrons. The van der Waals surface area contributed by atoms with Crippen molar-refractivity contribution in [3.8, 4) is 0 Å². The first-order valence-corrected chi connectivity index (χ1v) is 7.92. The second-order valence-electron chi connectivity index (χ2n) is 4.29. The maximum absolute atomic E-state index is 12.0. The molecule has 4 nitrogen and oxygen atoms in total. The summed E-state index contributed by atoms with van der Waals surface area (Å²) in [6.45, 7) is 0.542. The zero-order valence-corrected chi connectivity index (χ0v) is 13.8. The quantitative estimate of drug-likeness (QED) is 0.825. The number of esters is 1. The summed E-state index contributed by atoms with van der Waals surface area (Å²) in [6.07, 6.45) is 0.750. The van der Waals surface area contributed by atoms with Crippen LogP contribution in [0.25, 0.3) is 0 Å². The van der Waals surface area contributed by atoms with Gasteiger partial charge in [0.25, 0.3) is 5.91 Å². The van der Waals surface area contributed by atoms with Crippen molar-refractivity contribution in [3.63, 3.8) is 0 Å². The van der Waals surface area contributed by atoms with Gasteiger partial charge in [-0.1, -0.05) is 28.1 Å². The molecule has 0 aliphatic rings. The largest absolute Gasteiger partial charge is 0.465 e. The van der Waals surface area contributed by atoms with Crippen LogP contribution >= 0.6 is 27.3 Å². The molecular weight excluding hydrogens is 354 g/mol. The molecule has 0 saturated carbocycles. The van der Waals surface area contributed by atoms with Crippen LogP contribution in [0.5, 0.6) is 0 Å². The highest BCUT2D eigenvalue weighted by atomic mass is 79.9. The zero-order chi connectivity index (χ0) is 15.2. The highest BCUT2D eigenvalue weighted by Crippen LogP contribution is 2.17. The van der Waals surface area contributed by atoms with E-state index in [1.54, 1.807) is 12.1 Å². The third kappa shape index (κ3) is 4.41. The van der Waals surface area contributed by atoms with E-state index in [0.717, 1.165) is 27.8 Å². The Bertz CT molecular complexity index is 654. The monoisotopic (exact) mass is 367 g/mol. The fourth-order valence-electron chi connectivity index (χ4n) is 1.77. The van der Waals surface area contributed by atoms with Gasteiger partial charge < -0.3 is 10.1 Å². The smallest absolute Gasteiger partial charge is 0.348 e. The number of ether oxygens (including phenoxy) is 1. The van der Waals surface area contributed by atoms with Crippen LogP contribution in [0.15, 0.2) is 40.9 Å². The number of nitrogens with one attached hydrogen (secondary N) is 1. The average Bonchev–Trinajstić information content (AvgIpc) is 2.96. The van der Waals surface area contributed by atoms with Crippen LogP contribution in [0.3, 0.4) is 0 Å². The Morgan fingerprint density at radius 3 is 2.71 bits per heavy atom. The summed E-state index contributed by atoms with van der Waals surface area (Å²) < 4.78 is 5.64. The first-order valence-electron chi connectivity index (χ1n) is 6.31. The molecule has 0 aliphatic carbocycles. The molecule has 21 heavy (non-hydrogen) atoms. The highest BCUT2D eigenvalue weighted by Gasteiger charge is 2.13. The topological polar surface area (TPSA) is 55.4 Å². The van der Waals surface area contributed by atoms with E-state index >= 15 is 0 Å². The Morgan fingerprint density at radius 1 is 1.24 bits per heavy atom. The van der Waals surface area contributed by atoms with Gasteiger partial charge in [0.15, 0.2) is 0 Å². The molecule has 1 heterocycles. The Hall–Kier alpha value is -1.66. The van der Waals surface area contributed by atoms with Crippen LogP contribution in [0, 0.1) is 0 Å². The van der Waals surface area contributed by atoms with Gasteiger partial charge in [0.1, 0.15) is 4.88 Å². The summed E-state index contributed by atoms with van der Waals surface area (Å²) in [6, 6.07) is 11.2. The molecule has 0 spiro atoms. The average molecular weight is 368 g/mol. The molecule has 1 aromatic carbocycles. The maximum atomic E-state index is 12.0. The highest BCUT2D eigenvalue weighted by molar-refractivity contribution is 9.10. The van der Waals surface area contributed by atoms with Crippen LogP contribution in [0.2, 0.25) is 0 Å². The number of hydrogen-bond acceptors (Lipinski definition) is 4. The van der Waals surface area contributed by atoms with Crippen molar-refractivity contribution in [3.05, 3.63) is 56.2 Å². The number of hydrogen-bond donors (Lipinski definition) is 1. The third-order valence-electron chi connectivity index (χ3n) is 2.80. The van der Waals surface area contributed by atoms with Gasteiger partial charge in [-0.15, -0.1) is 11.3 Å². The molecule has 0 aliphatic heterocycles. The number of thiophene rings is 1. The Balaban J connectivity index is 1.87. The Labute approximate surface area is 135 Å². The molecule has 0 bridgehead atoms. The minimum atomic E-state index is -0.423. The van der Waals surface area contributed by atoms with Gasteiger partial charge in [-0.25, -0.2) is 4.79 Å². The van der Waals surface area contributed by atoms with Gasteiger partial charge in [-0.05, 0) is 36.2 Å². The predicted octanol–water partition coefficient (Wildman–Crippen LogP) is 3.27. The van der Waals surface area contributed by atoms with E-state index in [2.05, 4.69) is 26.0 Å². The summed E-state index contributed by atoms with van der Waals surface area (Å²) in [5.74, 6) is -0.599. The molecule has 0 unspecified atom stereocenters. The van der Waals surface area contributed by atoms with Gasteiger partial charge in [-0.2, -0.15) is 0 Å². The van der Waals surface area contributed by atoms with Crippen LogP contribution in [0.4, 0.5) is 0 Å². The number of amides is 1. The van der Waals surface area contributed by atoms with Crippen LogP contribution in [-0.2, 0) is 11.2 Å². The van der Waals surface area contributed by atoms with Gasteiger partial charge >= 0.3 is 5.97 Å².